The molecule has 0 N–H and O–H groups in total. The fourth-order valence-corrected chi connectivity index (χ4v) is 6.23. The van der Waals surface area contributed by atoms with Crippen LogP contribution < -0.4 is 0 Å². The van der Waals surface area contributed by atoms with Crippen molar-refractivity contribution in [3.05, 3.63) is 59.9 Å². The van der Waals surface area contributed by atoms with Crippen LogP contribution in [-0.2, 0) is 22.3 Å². The van der Waals surface area contributed by atoms with E-state index in [1.807, 2.05) is 6.07 Å². The Morgan fingerprint density at radius 1 is 1.00 bits per heavy atom. The Morgan fingerprint density at radius 3 is 2.38 bits per heavy atom. The van der Waals surface area contributed by atoms with Gasteiger partial charge in [-0.1, -0.05) is 36.4 Å². The normalized spacial score (nSPS) is 27.1. The van der Waals surface area contributed by atoms with Gasteiger partial charge in [0.25, 0.3) is 0 Å². The van der Waals surface area contributed by atoms with Gasteiger partial charge in [0.05, 0.1) is 23.6 Å². The molecule has 3 aromatic rings. The molecule has 0 spiro atoms. The van der Waals surface area contributed by atoms with E-state index in [0.717, 1.165) is 61.7 Å². The average molecular weight is 472 g/mol. The van der Waals surface area contributed by atoms with E-state index in [9.17, 15) is 5.26 Å². The third-order valence-corrected chi connectivity index (χ3v) is 9.02. The minimum absolute atomic E-state index is 0.415. The summed E-state index contributed by atoms with van der Waals surface area (Å²) in [5, 5.41) is 10.3. The highest BCUT2D eigenvalue weighted by molar-refractivity contribution is 7.98. The van der Waals surface area contributed by atoms with Crippen LogP contribution in [0.5, 0.6) is 0 Å². The Labute approximate surface area is 206 Å². The van der Waals surface area contributed by atoms with Crippen LogP contribution in [0.3, 0.4) is 0 Å². The van der Waals surface area contributed by atoms with Crippen LogP contribution >= 0.6 is 11.8 Å². The number of aromatic nitrogens is 2. The van der Waals surface area contributed by atoms with Crippen molar-refractivity contribution in [2.75, 3.05) is 12.9 Å². The number of fused-ring (bicyclic) bond motifs is 1. The zero-order valence-electron chi connectivity index (χ0n) is 20.0. The first kappa shape index (κ1) is 22.2. The smallest absolute Gasteiger partial charge is 0.142 e. The first-order chi connectivity index (χ1) is 16.7. The van der Waals surface area contributed by atoms with Gasteiger partial charge in [0, 0.05) is 11.4 Å². The van der Waals surface area contributed by atoms with Gasteiger partial charge in [0.15, 0.2) is 0 Å². The molecule has 3 aliphatic rings. The number of nitriles is 1. The molecule has 34 heavy (non-hydrogen) atoms. The van der Waals surface area contributed by atoms with E-state index < -0.39 is 11.0 Å². The van der Waals surface area contributed by atoms with E-state index in [0.29, 0.717) is 5.92 Å². The van der Waals surface area contributed by atoms with Crippen molar-refractivity contribution in [2.24, 2.45) is 11.8 Å². The fourth-order valence-electron chi connectivity index (χ4n) is 5.67. The molecule has 3 fully saturated rings. The summed E-state index contributed by atoms with van der Waals surface area (Å²) < 4.78 is 9.39. The molecule has 0 radical (unpaired) electrons. The van der Waals surface area contributed by atoms with E-state index in [2.05, 4.69) is 59.4 Å². The first-order valence-corrected chi connectivity index (χ1v) is 14.0. The van der Waals surface area contributed by atoms with Crippen molar-refractivity contribution >= 4 is 22.8 Å². The Kier molecular flexibility index (Phi) is 5.70. The van der Waals surface area contributed by atoms with Crippen LogP contribution in [0.4, 0.5) is 0 Å². The number of benzene rings is 2. The molecule has 3 saturated carbocycles. The van der Waals surface area contributed by atoms with Gasteiger partial charge in [0.2, 0.25) is 0 Å². The van der Waals surface area contributed by atoms with Crippen LogP contribution in [0, 0.1) is 23.2 Å². The monoisotopic (exact) mass is 471 g/mol. The molecular formula is C29H33N3OS. The van der Waals surface area contributed by atoms with Gasteiger partial charge in [0.1, 0.15) is 16.9 Å². The number of ether oxygens (including phenoxy) is 1. The van der Waals surface area contributed by atoms with Crippen LogP contribution in [0.2, 0.25) is 0 Å². The van der Waals surface area contributed by atoms with E-state index in [-0.39, 0.29) is 0 Å². The van der Waals surface area contributed by atoms with E-state index >= 15 is 0 Å². The summed E-state index contributed by atoms with van der Waals surface area (Å²) in [5.41, 5.74) is 2.64. The predicted molar refractivity (Wildman–Crippen MR) is 137 cm³/mol. The molecule has 6 rings (SSSR count). The molecule has 0 atom stereocenters. The lowest BCUT2D eigenvalue weighted by molar-refractivity contribution is -0.0957. The van der Waals surface area contributed by atoms with E-state index in [1.165, 1.54) is 36.1 Å². The van der Waals surface area contributed by atoms with Crippen molar-refractivity contribution in [3.63, 3.8) is 0 Å². The molecular weight excluding hydrogens is 438 g/mol. The zero-order valence-corrected chi connectivity index (χ0v) is 20.8. The molecule has 0 aliphatic heterocycles. The highest BCUT2D eigenvalue weighted by Crippen LogP contribution is 2.50. The van der Waals surface area contributed by atoms with E-state index in [1.54, 1.807) is 11.8 Å². The summed E-state index contributed by atoms with van der Waals surface area (Å²) in [6, 6.07) is 19.7. The van der Waals surface area contributed by atoms with Gasteiger partial charge in [-0.05, 0) is 87.2 Å². The average Bonchev–Trinajstić information content (AvgIpc) is 3.82. The molecule has 4 nitrogen and oxygen atoms in total. The van der Waals surface area contributed by atoms with Crippen LogP contribution in [0.1, 0.15) is 62.8 Å². The first-order valence-electron chi connectivity index (χ1n) is 12.8. The summed E-state index contributed by atoms with van der Waals surface area (Å²) in [4.78, 5) is 6.57. The number of para-hydroxylation sites is 1. The second kappa shape index (κ2) is 8.73. The highest BCUT2D eigenvalue weighted by Gasteiger charge is 2.49. The third-order valence-electron chi connectivity index (χ3n) is 8.25. The summed E-state index contributed by atoms with van der Waals surface area (Å²) in [7, 11) is 0. The van der Waals surface area contributed by atoms with Crippen molar-refractivity contribution in [1.82, 2.24) is 9.55 Å². The highest BCUT2D eigenvalue weighted by atomic mass is 32.2. The standard InChI is InChI=1S/C29H33N3OS/c1-34-25-9-5-8-24-26(25)31-27(32(24)18-21-10-11-21)29(33-19-22-12-13-22)16-14-28(20-30,15-17-29)23-6-3-2-4-7-23/h2-9,21-22H,10-19H2,1H3/t28-,29-. The summed E-state index contributed by atoms with van der Waals surface area (Å²) >= 11 is 1.77. The van der Waals surface area contributed by atoms with Crippen LogP contribution in [-0.4, -0.2) is 22.4 Å². The van der Waals surface area contributed by atoms with Gasteiger partial charge in [-0.3, -0.25) is 0 Å². The molecule has 0 amide bonds. The molecule has 1 heterocycles. The van der Waals surface area contributed by atoms with Crippen LogP contribution in [0.25, 0.3) is 11.0 Å². The van der Waals surface area contributed by atoms with Crippen LogP contribution in [0.15, 0.2) is 53.4 Å². The summed E-state index contributed by atoms with van der Waals surface area (Å²) in [6.07, 6.45) is 10.6. The summed E-state index contributed by atoms with van der Waals surface area (Å²) in [6.45, 7) is 1.84. The lowest BCUT2D eigenvalue weighted by atomic mass is 9.65. The van der Waals surface area contributed by atoms with Crippen molar-refractivity contribution in [1.29, 1.82) is 5.26 Å². The minimum atomic E-state index is -0.439. The fraction of sp³-hybridized carbons (Fsp3) is 0.517. The summed E-state index contributed by atoms with van der Waals surface area (Å²) in [5.74, 6) is 2.55. The molecule has 3 aliphatic carbocycles. The van der Waals surface area contributed by atoms with Gasteiger partial charge >= 0.3 is 0 Å². The molecule has 176 valence electrons. The lowest BCUT2D eigenvalue weighted by Gasteiger charge is -2.43. The third kappa shape index (κ3) is 3.95. The maximum atomic E-state index is 10.3. The molecule has 0 unspecified atom stereocenters. The van der Waals surface area contributed by atoms with Crippen molar-refractivity contribution in [2.45, 2.75) is 73.8 Å². The molecule has 1 aromatic heterocycles. The Balaban J connectivity index is 1.42. The van der Waals surface area contributed by atoms with Gasteiger partial charge < -0.3 is 9.30 Å². The number of rotatable bonds is 8. The van der Waals surface area contributed by atoms with Gasteiger partial charge in [-0.25, -0.2) is 4.98 Å². The Bertz CT molecular complexity index is 1210. The Morgan fingerprint density at radius 2 is 1.74 bits per heavy atom. The SMILES string of the molecule is CSc1cccc2c1nc([C@]1(OCC3CC3)CC[C@](C#N)(c3ccccc3)CC1)n2CC1CC1. The van der Waals surface area contributed by atoms with Gasteiger partial charge in [-0.2, -0.15) is 5.26 Å². The maximum Gasteiger partial charge on any atom is 0.142 e. The topological polar surface area (TPSA) is 50.8 Å². The van der Waals surface area contributed by atoms with Gasteiger partial charge in [-0.15, -0.1) is 11.8 Å². The number of nitrogens with zero attached hydrogens (tertiary/aromatic N) is 3. The lowest BCUT2D eigenvalue weighted by Crippen LogP contribution is -2.43. The van der Waals surface area contributed by atoms with E-state index in [4.69, 9.17) is 9.72 Å². The number of hydrogen-bond donors (Lipinski definition) is 0. The Hall–Kier alpha value is -2.29. The predicted octanol–water partition coefficient (Wildman–Crippen LogP) is 6.83. The quantitative estimate of drug-likeness (QED) is 0.338. The number of thioether (sulfide) groups is 1. The molecule has 5 heteroatoms. The van der Waals surface area contributed by atoms with Crippen molar-refractivity contribution < 1.29 is 4.74 Å². The second-order valence-corrected chi connectivity index (χ2v) is 11.5. The minimum Gasteiger partial charge on any atom is -0.367 e. The molecule has 0 bridgehead atoms. The van der Waals surface area contributed by atoms with Crippen molar-refractivity contribution in [3.8, 4) is 6.07 Å². The number of imidazole rings is 1. The maximum absolute atomic E-state index is 10.3. The molecule has 2 aromatic carbocycles. The largest absolute Gasteiger partial charge is 0.367 e. The zero-order chi connectivity index (χ0) is 23.2. The number of hydrogen-bond acceptors (Lipinski definition) is 4. The molecule has 0 saturated heterocycles. The second-order valence-electron chi connectivity index (χ2n) is 10.6.